The first-order valence-electron chi connectivity index (χ1n) is 11.4. The number of rotatable bonds is 8. The van der Waals surface area contributed by atoms with Gasteiger partial charge in [-0.3, -0.25) is 9.88 Å². The van der Waals surface area contributed by atoms with E-state index in [4.69, 9.17) is 4.74 Å². The maximum absolute atomic E-state index is 12.8. The summed E-state index contributed by atoms with van der Waals surface area (Å²) >= 11 is 0. The Kier molecular flexibility index (Phi) is 6.48. The van der Waals surface area contributed by atoms with Gasteiger partial charge in [-0.25, -0.2) is 0 Å². The lowest BCUT2D eigenvalue weighted by molar-refractivity contribution is -0.0500. The van der Waals surface area contributed by atoms with Gasteiger partial charge in [0, 0.05) is 32.0 Å². The molecule has 1 saturated heterocycles. The first-order valence-corrected chi connectivity index (χ1v) is 12.9. The molecule has 0 saturated carbocycles. The minimum absolute atomic E-state index is 0.368. The number of nitrogens with zero attached hydrogens (tertiary/aromatic N) is 2. The van der Waals surface area contributed by atoms with Crippen molar-refractivity contribution >= 4 is 21.3 Å². The zero-order valence-electron chi connectivity index (χ0n) is 19.2. The minimum atomic E-state index is -5.75. The van der Waals surface area contributed by atoms with Crippen molar-refractivity contribution in [3.05, 3.63) is 89.2 Å². The topological polar surface area (TPSA) is 68.5 Å². The molecule has 0 unspecified atom stereocenters. The number of halogens is 3. The Balaban J connectivity index is 1.50. The quantitative estimate of drug-likeness (QED) is 0.241. The highest BCUT2D eigenvalue weighted by atomic mass is 32.2. The molecule has 1 fully saturated rings. The van der Waals surface area contributed by atoms with E-state index in [1.807, 2.05) is 36.4 Å². The van der Waals surface area contributed by atoms with Gasteiger partial charge in [0.05, 0.1) is 0 Å². The molecule has 2 aromatic carbocycles. The predicted octanol–water partition coefficient (Wildman–Crippen LogP) is 4.91. The summed E-state index contributed by atoms with van der Waals surface area (Å²) in [5, 5.41) is 0. The van der Waals surface area contributed by atoms with Gasteiger partial charge in [0.1, 0.15) is 18.1 Å². The molecule has 1 aromatic heterocycles. The molecule has 1 aliphatic heterocycles. The molecule has 0 radical (unpaired) electrons. The standard InChI is InChI=1S/C26H23F3N2O4S/c27-26(28,29)36(32,33)35-22-6-8-24-20(17-22)3-7-23(18-9-11-30-12-10-18)25(24)19-1-4-21(5-2-19)34-16-15-31-13-14-31/h1-2,4-6,8-12,17H,3,7,13-16H2. The third-order valence-corrected chi connectivity index (χ3v) is 7.15. The van der Waals surface area contributed by atoms with Crippen LogP contribution in [0.3, 0.4) is 0 Å². The second-order valence-electron chi connectivity index (χ2n) is 8.61. The molecule has 0 atom stereocenters. The highest BCUT2D eigenvalue weighted by molar-refractivity contribution is 7.88. The van der Waals surface area contributed by atoms with Gasteiger partial charge in [0.25, 0.3) is 0 Å². The number of hydrogen-bond acceptors (Lipinski definition) is 6. The Morgan fingerprint density at radius 3 is 2.25 bits per heavy atom. The average Bonchev–Trinajstić information content (AvgIpc) is 3.68. The highest BCUT2D eigenvalue weighted by Crippen LogP contribution is 2.42. The van der Waals surface area contributed by atoms with E-state index in [-0.39, 0.29) is 5.75 Å². The van der Waals surface area contributed by atoms with Crippen LogP contribution in [0.15, 0.2) is 67.0 Å². The molecule has 188 valence electrons. The number of alkyl halides is 3. The molecule has 2 heterocycles. The molecule has 1 aliphatic carbocycles. The maximum Gasteiger partial charge on any atom is 0.534 e. The third-order valence-electron chi connectivity index (χ3n) is 6.17. The van der Waals surface area contributed by atoms with E-state index in [2.05, 4.69) is 14.1 Å². The van der Waals surface area contributed by atoms with Gasteiger partial charge >= 0.3 is 15.6 Å². The van der Waals surface area contributed by atoms with Crippen LogP contribution in [0.1, 0.15) is 28.7 Å². The van der Waals surface area contributed by atoms with Crippen LogP contribution >= 0.6 is 0 Å². The van der Waals surface area contributed by atoms with Gasteiger partial charge in [0.15, 0.2) is 0 Å². The van der Waals surface area contributed by atoms with Crippen LogP contribution in [0.2, 0.25) is 0 Å². The maximum atomic E-state index is 12.8. The predicted molar refractivity (Wildman–Crippen MR) is 129 cm³/mol. The van der Waals surface area contributed by atoms with E-state index < -0.39 is 15.6 Å². The van der Waals surface area contributed by atoms with Crippen molar-refractivity contribution in [2.75, 3.05) is 26.2 Å². The lowest BCUT2D eigenvalue weighted by atomic mass is 9.80. The smallest absolute Gasteiger partial charge is 0.492 e. The van der Waals surface area contributed by atoms with E-state index in [9.17, 15) is 21.6 Å². The summed E-state index contributed by atoms with van der Waals surface area (Å²) in [7, 11) is -5.75. The Morgan fingerprint density at radius 2 is 1.58 bits per heavy atom. The van der Waals surface area contributed by atoms with Crippen LogP contribution in [0.4, 0.5) is 13.2 Å². The summed E-state index contributed by atoms with van der Waals surface area (Å²) in [5.41, 5.74) is -0.0962. The van der Waals surface area contributed by atoms with Gasteiger partial charge in [-0.15, -0.1) is 0 Å². The fraction of sp³-hybridized carbons (Fsp3) is 0.269. The summed E-state index contributed by atoms with van der Waals surface area (Å²) in [4.78, 5) is 6.37. The first-order chi connectivity index (χ1) is 17.2. The van der Waals surface area contributed by atoms with Gasteiger partial charge in [-0.2, -0.15) is 21.6 Å². The minimum Gasteiger partial charge on any atom is -0.492 e. The molecule has 10 heteroatoms. The monoisotopic (exact) mass is 516 g/mol. The lowest BCUT2D eigenvalue weighted by Crippen LogP contribution is -2.28. The third kappa shape index (κ3) is 5.24. The number of pyridine rings is 1. The molecule has 0 N–H and O–H groups in total. The van der Waals surface area contributed by atoms with E-state index in [1.165, 1.54) is 12.1 Å². The van der Waals surface area contributed by atoms with Crippen molar-refractivity contribution in [3.63, 3.8) is 0 Å². The van der Waals surface area contributed by atoms with E-state index in [0.29, 0.717) is 25.0 Å². The molecular weight excluding hydrogens is 493 g/mol. The van der Waals surface area contributed by atoms with Crippen LogP contribution in [0, 0.1) is 0 Å². The number of ether oxygens (including phenoxy) is 1. The van der Waals surface area contributed by atoms with E-state index >= 15 is 0 Å². The fourth-order valence-corrected chi connectivity index (χ4v) is 4.72. The normalized spacial score (nSPS) is 16.0. The van der Waals surface area contributed by atoms with E-state index in [0.717, 1.165) is 53.2 Å². The van der Waals surface area contributed by atoms with Crippen molar-refractivity contribution in [1.29, 1.82) is 0 Å². The Bertz CT molecular complexity index is 1380. The van der Waals surface area contributed by atoms with Crippen LogP contribution in [-0.4, -0.2) is 50.1 Å². The molecule has 6 nitrogen and oxygen atoms in total. The number of hydrogen-bond donors (Lipinski definition) is 0. The number of allylic oxidation sites excluding steroid dienone is 1. The van der Waals surface area contributed by atoms with E-state index in [1.54, 1.807) is 18.5 Å². The lowest BCUT2D eigenvalue weighted by Gasteiger charge is -2.25. The van der Waals surface area contributed by atoms with Gasteiger partial charge in [-0.05, 0) is 82.6 Å². The molecule has 2 aliphatic rings. The van der Waals surface area contributed by atoms with Crippen LogP contribution in [-0.2, 0) is 16.5 Å². The molecule has 36 heavy (non-hydrogen) atoms. The molecule has 3 aromatic rings. The number of benzene rings is 2. The van der Waals surface area contributed by atoms with Gasteiger partial charge < -0.3 is 8.92 Å². The summed E-state index contributed by atoms with van der Waals surface area (Å²) in [6.45, 7) is 3.72. The highest BCUT2D eigenvalue weighted by Gasteiger charge is 2.48. The summed E-state index contributed by atoms with van der Waals surface area (Å²) in [6.07, 6.45) is 4.54. The zero-order valence-corrected chi connectivity index (χ0v) is 20.0. The molecule has 5 rings (SSSR count). The Labute approximate surface area is 207 Å². The second kappa shape index (κ2) is 9.59. The van der Waals surface area contributed by atoms with Crippen molar-refractivity contribution in [2.24, 2.45) is 0 Å². The van der Waals surface area contributed by atoms with Crippen molar-refractivity contribution in [1.82, 2.24) is 9.88 Å². The number of fused-ring (bicyclic) bond motifs is 1. The number of aryl methyl sites for hydroxylation is 1. The summed E-state index contributed by atoms with van der Waals surface area (Å²) in [5.74, 6) is 0.386. The van der Waals surface area contributed by atoms with Crippen molar-refractivity contribution in [3.8, 4) is 11.5 Å². The van der Waals surface area contributed by atoms with Crippen molar-refractivity contribution < 1.29 is 30.5 Å². The first kappa shape index (κ1) is 24.3. The molecule has 0 bridgehead atoms. The van der Waals surface area contributed by atoms with Crippen molar-refractivity contribution in [2.45, 2.75) is 18.3 Å². The average molecular weight is 517 g/mol. The zero-order chi connectivity index (χ0) is 25.3. The van der Waals surface area contributed by atoms with Crippen LogP contribution < -0.4 is 8.92 Å². The molecular formula is C26H23F3N2O4S. The molecule has 0 spiro atoms. The summed E-state index contributed by atoms with van der Waals surface area (Å²) < 4.78 is 71.6. The van der Waals surface area contributed by atoms with Crippen LogP contribution in [0.5, 0.6) is 11.5 Å². The van der Waals surface area contributed by atoms with Gasteiger partial charge in [-0.1, -0.05) is 18.2 Å². The molecule has 0 amide bonds. The SMILES string of the molecule is O=S(=O)(Oc1ccc2c(c1)CCC(c1ccncc1)=C2c1ccc(OCCN2CC2)cc1)C(F)(F)F. The Hall–Kier alpha value is -3.37. The van der Waals surface area contributed by atoms with Crippen LogP contribution in [0.25, 0.3) is 11.1 Å². The van der Waals surface area contributed by atoms with Gasteiger partial charge in [0.2, 0.25) is 0 Å². The second-order valence-corrected chi connectivity index (χ2v) is 10.1. The largest absolute Gasteiger partial charge is 0.534 e. The fourth-order valence-electron chi connectivity index (χ4n) is 4.27. The Morgan fingerprint density at radius 1 is 0.889 bits per heavy atom. The number of aromatic nitrogens is 1. The summed E-state index contributed by atoms with van der Waals surface area (Å²) in [6, 6.07) is 15.8.